The standard InChI is InChI=1S/C18H29N5O3/c1-4-26-18(25)23-12-10-22(11-13-23)16-7-6-15(14-20-16)17(24)19-8-5-9-21(2)3/h6-7,14H,4-5,8-13H2,1-3H3,(H,19,24). The molecule has 26 heavy (non-hydrogen) atoms. The highest BCUT2D eigenvalue weighted by molar-refractivity contribution is 5.94. The summed E-state index contributed by atoms with van der Waals surface area (Å²) in [5.74, 6) is 0.715. The topological polar surface area (TPSA) is 78.0 Å². The summed E-state index contributed by atoms with van der Waals surface area (Å²) in [5, 5.41) is 2.91. The SMILES string of the molecule is CCOC(=O)N1CCN(c2ccc(C(=O)NCCCN(C)C)cn2)CC1. The van der Waals surface area contributed by atoms with E-state index in [0.717, 1.165) is 18.8 Å². The van der Waals surface area contributed by atoms with Gasteiger partial charge in [-0.1, -0.05) is 0 Å². The Morgan fingerprint density at radius 3 is 2.54 bits per heavy atom. The first-order valence-corrected chi connectivity index (χ1v) is 9.07. The van der Waals surface area contributed by atoms with Gasteiger partial charge in [0.25, 0.3) is 5.91 Å². The van der Waals surface area contributed by atoms with Gasteiger partial charge in [-0.3, -0.25) is 4.79 Å². The lowest BCUT2D eigenvalue weighted by atomic mass is 10.2. The average Bonchev–Trinajstić information content (AvgIpc) is 2.65. The average molecular weight is 363 g/mol. The van der Waals surface area contributed by atoms with Gasteiger partial charge in [-0.05, 0) is 46.1 Å². The second-order valence-electron chi connectivity index (χ2n) is 6.49. The van der Waals surface area contributed by atoms with Crippen LogP contribution in [0.5, 0.6) is 0 Å². The number of hydrogen-bond acceptors (Lipinski definition) is 6. The largest absolute Gasteiger partial charge is 0.450 e. The lowest BCUT2D eigenvalue weighted by Crippen LogP contribution is -2.49. The number of carbonyl (C=O) groups excluding carboxylic acids is 2. The van der Waals surface area contributed by atoms with Crippen molar-refractivity contribution >= 4 is 17.8 Å². The van der Waals surface area contributed by atoms with Gasteiger partial charge in [0.1, 0.15) is 5.82 Å². The molecule has 0 saturated carbocycles. The molecular formula is C18H29N5O3. The number of piperazine rings is 1. The van der Waals surface area contributed by atoms with E-state index in [1.165, 1.54) is 0 Å². The first-order chi connectivity index (χ1) is 12.5. The number of pyridine rings is 1. The van der Waals surface area contributed by atoms with E-state index in [-0.39, 0.29) is 12.0 Å². The van der Waals surface area contributed by atoms with E-state index in [1.54, 1.807) is 24.1 Å². The summed E-state index contributed by atoms with van der Waals surface area (Å²) in [6, 6.07) is 3.65. The van der Waals surface area contributed by atoms with Gasteiger partial charge in [-0.25, -0.2) is 9.78 Å². The van der Waals surface area contributed by atoms with Crippen molar-refractivity contribution in [2.45, 2.75) is 13.3 Å². The maximum Gasteiger partial charge on any atom is 0.409 e. The van der Waals surface area contributed by atoms with E-state index in [2.05, 4.69) is 20.1 Å². The van der Waals surface area contributed by atoms with Crippen molar-refractivity contribution in [1.29, 1.82) is 0 Å². The maximum atomic E-state index is 12.1. The quantitative estimate of drug-likeness (QED) is 0.730. The molecule has 8 nitrogen and oxygen atoms in total. The summed E-state index contributed by atoms with van der Waals surface area (Å²) < 4.78 is 5.02. The summed E-state index contributed by atoms with van der Waals surface area (Å²) in [6.07, 6.45) is 2.25. The van der Waals surface area contributed by atoms with Crippen LogP contribution in [-0.2, 0) is 4.74 Å². The van der Waals surface area contributed by atoms with Crippen LogP contribution >= 0.6 is 0 Å². The van der Waals surface area contributed by atoms with E-state index in [0.29, 0.717) is 44.9 Å². The third kappa shape index (κ3) is 5.87. The zero-order valence-corrected chi connectivity index (χ0v) is 15.9. The Balaban J connectivity index is 1.80. The zero-order chi connectivity index (χ0) is 18.9. The van der Waals surface area contributed by atoms with E-state index < -0.39 is 0 Å². The van der Waals surface area contributed by atoms with E-state index in [9.17, 15) is 9.59 Å². The number of anilines is 1. The molecule has 1 aliphatic heterocycles. The van der Waals surface area contributed by atoms with Crippen LogP contribution in [0, 0.1) is 0 Å². The molecular weight excluding hydrogens is 334 g/mol. The predicted octanol–water partition coefficient (Wildman–Crippen LogP) is 1.04. The Labute approximate surface area is 155 Å². The van der Waals surface area contributed by atoms with Gasteiger partial charge in [0.05, 0.1) is 12.2 Å². The molecule has 0 aromatic carbocycles. The Kier molecular flexibility index (Phi) is 7.65. The van der Waals surface area contributed by atoms with E-state index in [1.807, 2.05) is 20.2 Å². The molecule has 0 radical (unpaired) electrons. The van der Waals surface area contributed by atoms with Crippen molar-refractivity contribution in [3.8, 4) is 0 Å². The molecule has 144 valence electrons. The summed E-state index contributed by atoms with van der Waals surface area (Å²) in [4.78, 5) is 34.2. The molecule has 0 unspecified atom stereocenters. The minimum Gasteiger partial charge on any atom is -0.450 e. The normalized spacial score (nSPS) is 14.5. The van der Waals surface area contributed by atoms with Gasteiger partial charge in [0, 0.05) is 38.9 Å². The molecule has 1 aliphatic rings. The number of nitrogens with zero attached hydrogens (tertiary/aromatic N) is 4. The first kappa shape index (κ1) is 20.0. The fourth-order valence-corrected chi connectivity index (χ4v) is 2.74. The lowest BCUT2D eigenvalue weighted by molar-refractivity contribution is 0.0951. The number of hydrogen-bond donors (Lipinski definition) is 1. The molecule has 8 heteroatoms. The Morgan fingerprint density at radius 1 is 1.23 bits per heavy atom. The molecule has 0 bridgehead atoms. The van der Waals surface area contributed by atoms with Crippen molar-refractivity contribution in [2.75, 3.05) is 64.9 Å². The van der Waals surface area contributed by atoms with Crippen LogP contribution < -0.4 is 10.2 Å². The van der Waals surface area contributed by atoms with Crippen molar-refractivity contribution in [1.82, 2.24) is 20.1 Å². The fraction of sp³-hybridized carbons (Fsp3) is 0.611. The van der Waals surface area contributed by atoms with Gasteiger partial charge in [0.2, 0.25) is 0 Å². The highest BCUT2D eigenvalue weighted by Crippen LogP contribution is 2.14. The smallest absolute Gasteiger partial charge is 0.409 e. The molecule has 0 spiro atoms. The minimum atomic E-state index is -0.263. The molecule has 2 heterocycles. The highest BCUT2D eigenvalue weighted by Gasteiger charge is 2.22. The summed E-state index contributed by atoms with van der Waals surface area (Å²) in [5.41, 5.74) is 0.559. The molecule has 0 aliphatic carbocycles. The van der Waals surface area contributed by atoms with Crippen LogP contribution in [0.15, 0.2) is 18.3 Å². The zero-order valence-electron chi connectivity index (χ0n) is 15.9. The second-order valence-corrected chi connectivity index (χ2v) is 6.49. The third-order valence-corrected chi connectivity index (χ3v) is 4.21. The number of amides is 2. The highest BCUT2D eigenvalue weighted by atomic mass is 16.6. The summed E-state index contributed by atoms with van der Waals surface area (Å²) in [7, 11) is 4.02. The van der Waals surface area contributed by atoms with Crippen LogP contribution in [0.4, 0.5) is 10.6 Å². The maximum absolute atomic E-state index is 12.1. The van der Waals surface area contributed by atoms with Crippen LogP contribution in [0.2, 0.25) is 0 Å². The van der Waals surface area contributed by atoms with Gasteiger partial charge in [0.15, 0.2) is 0 Å². The van der Waals surface area contributed by atoms with E-state index in [4.69, 9.17) is 4.74 Å². The third-order valence-electron chi connectivity index (χ3n) is 4.21. The number of nitrogens with one attached hydrogen (secondary N) is 1. The molecule has 1 aromatic rings. The predicted molar refractivity (Wildman–Crippen MR) is 101 cm³/mol. The molecule has 0 atom stereocenters. The molecule has 1 saturated heterocycles. The lowest BCUT2D eigenvalue weighted by Gasteiger charge is -2.34. The number of carbonyl (C=O) groups is 2. The second kappa shape index (κ2) is 9.96. The van der Waals surface area contributed by atoms with Gasteiger partial charge < -0.3 is 24.8 Å². The fourth-order valence-electron chi connectivity index (χ4n) is 2.74. The first-order valence-electron chi connectivity index (χ1n) is 9.07. The Morgan fingerprint density at radius 2 is 1.96 bits per heavy atom. The van der Waals surface area contributed by atoms with Crippen molar-refractivity contribution in [3.05, 3.63) is 23.9 Å². The number of ether oxygens (including phenoxy) is 1. The van der Waals surface area contributed by atoms with Gasteiger partial charge in [-0.2, -0.15) is 0 Å². The van der Waals surface area contributed by atoms with Crippen molar-refractivity contribution in [2.24, 2.45) is 0 Å². The molecule has 2 rings (SSSR count). The van der Waals surface area contributed by atoms with Crippen LogP contribution in [0.1, 0.15) is 23.7 Å². The molecule has 2 amide bonds. The minimum absolute atomic E-state index is 0.102. The van der Waals surface area contributed by atoms with Crippen molar-refractivity contribution < 1.29 is 14.3 Å². The van der Waals surface area contributed by atoms with Gasteiger partial charge >= 0.3 is 6.09 Å². The number of aromatic nitrogens is 1. The Bertz CT molecular complexity index is 583. The number of rotatable bonds is 7. The van der Waals surface area contributed by atoms with Crippen LogP contribution in [0.3, 0.4) is 0 Å². The van der Waals surface area contributed by atoms with Crippen LogP contribution in [0.25, 0.3) is 0 Å². The monoisotopic (exact) mass is 363 g/mol. The molecule has 1 aromatic heterocycles. The summed E-state index contributed by atoms with van der Waals surface area (Å²) >= 11 is 0. The van der Waals surface area contributed by atoms with Crippen LogP contribution in [-0.4, -0.2) is 86.8 Å². The van der Waals surface area contributed by atoms with E-state index >= 15 is 0 Å². The Hall–Kier alpha value is -2.35. The van der Waals surface area contributed by atoms with Crippen molar-refractivity contribution in [3.63, 3.8) is 0 Å². The summed E-state index contributed by atoms with van der Waals surface area (Å²) in [6.45, 7) is 6.38. The molecule has 1 fully saturated rings. The molecule has 1 N–H and O–H groups in total. The van der Waals surface area contributed by atoms with Gasteiger partial charge in [-0.15, -0.1) is 0 Å².